The third-order valence-electron chi connectivity index (χ3n) is 23.3. The van der Waals surface area contributed by atoms with Crippen molar-refractivity contribution in [2.75, 3.05) is 66.1 Å². The van der Waals surface area contributed by atoms with Crippen molar-refractivity contribution in [3.8, 4) is 0 Å². The second-order valence-corrected chi connectivity index (χ2v) is 33.0. The van der Waals surface area contributed by atoms with Gasteiger partial charge in [-0.25, -0.2) is 14.4 Å². The van der Waals surface area contributed by atoms with Gasteiger partial charge in [0.2, 0.25) is 29.5 Å². The number of carbonyl (C=O) groups is 8. The molecule has 0 aliphatic carbocycles. The fourth-order valence-corrected chi connectivity index (χ4v) is 16.4. The Morgan fingerprint density at radius 2 is 0.669 bits per heavy atom. The van der Waals surface area contributed by atoms with E-state index in [1.807, 2.05) is 0 Å². The van der Waals surface area contributed by atoms with Gasteiger partial charge in [-0.05, 0) is 0 Å². The minimum absolute atomic E-state index is 0.745. The van der Waals surface area contributed by atoms with E-state index in [4.69, 9.17) is 75.8 Å². The molecule has 8 heterocycles. The number of carbonyl (C=O) groups excluding carboxylic acids is 5. The number of carboxylic acid groups (broad SMARTS) is 3. The molecule has 768 valence electrons. The minimum Gasteiger partial charge on any atom is -0.477 e. The average molecular weight is 1950 g/mol. The Labute approximate surface area is 750 Å². The van der Waals surface area contributed by atoms with Gasteiger partial charge in [-0.3, -0.25) is 24.0 Å². The first-order valence-corrected chi connectivity index (χ1v) is 41.4. The molecule has 0 aromatic carbocycles. The van der Waals surface area contributed by atoms with E-state index in [2.05, 4.69) is 26.6 Å². The molecular weight excluding hydrogens is 1830 g/mol. The van der Waals surface area contributed by atoms with Gasteiger partial charge in [-0.15, -0.1) is 0 Å². The zero-order valence-electron chi connectivity index (χ0n) is 71.3. The normalized spacial score (nSPS) is 41.9. The minimum atomic E-state index is -3.48. The molecule has 8 aliphatic heterocycles. The molecule has 5 amide bonds. The molecule has 0 aromatic heterocycles. The second kappa shape index (κ2) is 48.2. The smallest absolute Gasteiger partial charge is 0.364 e. The van der Waals surface area contributed by atoms with Crippen molar-refractivity contribution in [3.63, 3.8) is 0 Å². The quantitative estimate of drug-likeness (QED) is 0.0270. The maximum absolute atomic E-state index is 13.7. The summed E-state index contributed by atoms with van der Waals surface area (Å²) in [6, 6.07) is -9.92. The molecule has 0 radical (unpaired) electrons. The summed E-state index contributed by atoms with van der Waals surface area (Å²) in [6.07, 6.45) is -97.2. The number of ether oxygens (including phenoxy) is 16. The van der Waals surface area contributed by atoms with Crippen LogP contribution in [-0.4, -0.2) is 558 Å². The van der Waals surface area contributed by atoms with Crippen LogP contribution in [0, 0.1) is 0 Å². The highest BCUT2D eigenvalue weighted by Crippen LogP contribution is 2.43. The Morgan fingerprint density at radius 3 is 1.10 bits per heavy atom. The van der Waals surface area contributed by atoms with Gasteiger partial charge in [-0.2, -0.15) is 0 Å². The van der Waals surface area contributed by atoms with Gasteiger partial charge in [0.1, 0.15) is 201 Å². The SMILES string of the molecule is CC(=O)N[C@H]1[C@H](OC[C@H]2O[C@@H](O[C@@H]([C@H](O)[C@@H](O)CO)[C@H](O)CO)[C@H](O)[C@@H](O[C@@H]3O[C@H](CO[C@]4(C(=O)O)C[C@H](O)[C@@H](NC(C)=O)[C@H]([C@H](O)[C@H](O)CO)O4)[C@@H](O)[C@H](O[C@@H]4O[C@H](CO)[C@H](O)[C@H](O[C@]5(C(=O)O)C[C@H](O)[C@@H](NC(C)=O)[C@H]([C@H](O)[C@H](O)CO)O5)[C@H]4O)[C@H]3NC(C)=O)[C@H]2O)O[C@H](CO)[C@@H](O[C@@H]2O[C@H](CO[C@]3(C(=O)O)C[C@H](O)[C@@H](NC(C)=O)[C@H]([C@H](O)[C@H](O)CO)O3)[C@H](O)[C@H](O)[C@H]2O)[C@@H]1O. The molecule has 60 heteroatoms. The van der Waals surface area contributed by atoms with Gasteiger partial charge in [0, 0.05) is 53.9 Å². The first-order chi connectivity index (χ1) is 62.3. The molecule has 8 aliphatic rings. The molecule has 36 N–H and O–H groups in total. The first kappa shape index (κ1) is 112. The molecule has 60 nitrogen and oxygen atoms in total. The Morgan fingerprint density at radius 1 is 0.331 bits per heavy atom. The zero-order valence-corrected chi connectivity index (χ0v) is 71.3. The molecule has 0 aromatic rings. The first-order valence-electron chi connectivity index (χ1n) is 41.4. The molecule has 47 atom stereocenters. The van der Waals surface area contributed by atoms with Crippen LogP contribution in [-0.2, 0) is 114 Å². The monoisotopic (exact) mass is 1950 g/mol. The highest BCUT2D eigenvalue weighted by Gasteiger charge is 2.65. The Bertz CT molecular complexity index is 3770. The Hall–Kier alpha value is -6.00. The van der Waals surface area contributed by atoms with Crippen LogP contribution in [0.3, 0.4) is 0 Å². The number of aliphatic carboxylic acids is 3. The van der Waals surface area contributed by atoms with Gasteiger partial charge in [-0.1, -0.05) is 0 Å². The predicted octanol–water partition coefficient (Wildman–Crippen LogP) is -22.7. The molecule has 8 saturated heterocycles. The van der Waals surface area contributed by atoms with E-state index in [9.17, 15) is 197 Å². The summed E-state index contributed by atoms with van der Waals surface area (Å²) in [5, 5.41) is 355. The fourth-order valence-electron chi connectivity index (χ4n) is 16.4. The standard InChI is InChI=1S/C73H121N5O55/c1-19(86)74-37-24(91)6-71(68(112)113,130-58(37)43(100)28(95)10-80)119-17-35-46(103)51(108)52(109)65(125-35)127-56-33(15-85)122-63(40(50(56)107)77-22(4)89)118-16-34-49(106)61(53(110)66(124-34)126-55(31(98)13-83)42(99)27(94)9-79)129-64-41(78-23(5)90)57(48(105)36(123-64)18-120-72(69(114)115)7-25(92)38(75-20(2)87)59(131-72)44(101)29(96)11-81)128-67-54(111)62(47(104)32(14-84)121-67)133-73(70(116)117)8-26(93)39(76-21(3)88)60(132-73)45(102)30(97)12-82/h24-67,79-85,91-111H,6-18H2,1-5H3,(H,74,86)(H,75,87)(H,76,88)(H,77,89)(H,78,90)(H,112,113)(H,114,115)(H,116,117)/t24-,25-,26-,27-,28+,29+,30+,31+,32+,33+,34+,35+,36+,37+,38+,39+,40+,41+,42+,43+,44+,45+,46-,47-,48+,49-,50+,51-,52+,53+,54+,55+,56+,57+,58+,59+,60+,61-,62-,63+,64-,65-,66-,67-,71+,72+,73-/m0/s1. The van der Waals surface area contributed by atoms with E-state index in [1.54, 1.807) is 0 Å². The number of rotatable bonds is 43. The lowest BCUT2D eigenvalue weighted by atomic mass is 9.88. The third-order valence-corrected chi connectivity index (χ3v) is 23.3. The van der Waals surface area contributed by atoms with Crippen LogP contribution < -0.4 is 26.6 Å². The number of hydrogen-bond donors (Lipinski definition) is 36. The van der Waals surface area contributed by atoms with E-state index in [-0.39, 0.29) is 0 Å². The van der Waals surface area contributed by atoms with E-state index in [1.165, 1.54) is 0 Å². The van der Waals surface area contributed by atoms with Gasteiger partial charge in [0.15, 0.2) is 31.5 Å². The van der Waals surface area contributed by atoms with Crippen molar-refractivity contribution >= 4 is 47.4 Å². The van der Waals surface area contributed by atoms with E-state index in [0.29, 0.717) is 0 Å². The molecule has 0 spiro atoms. The van der Waals surface area contributed by atoms with Crippen molar-refractivity contribution in [2.24, 2.45) is 0 Å². The molecule has 0 bridgehead atoms. The van der Waals surface area contributed by atoms with Crippen LogP contribution in [0.15, 0.2) is 0 Å². The lowest BCUT2D eigenvalue weighted by Crippen LogP contribution is -2.72. The molecule has 0 saturated carbocycles. The van der Waals surface area contributed by atoms with Crippen molar-refractivity contribution in [1.82, 2.24) is 26.6 Å². The predicted molar refractivity (Wildman–Crippen MR) is 409 cm³/mol. The van der Waals surface area contributed by atoms with Crippen LogP contribution in [0.5, 0.6) is 0 Å². The maximum atomic E-state index is 13.7. The number of nitrogens with one attached hydrogen (secondary N) is 5. The van der Waals surface area contributed by atoms with Gasteiger partial charge in [0.05, 0.1) is 103 Å². The van der Waals surface area contributed by atoms with Gasteiger partial charge >= 0.3 is 17.9 Å². The summed E-state index contributed by atoms with van der Waals surface area (Å²) in [4.78, 5) is 104. The number of hydrogen-bond acceptors (Lipinski definition) is 52. The summed E-state index contributed by atoms with van der Waals surface area (Å²) >= 11 is 0. The summed E-state index contributed by atoms with van der Waals surface area (Å²) < 4.78 is 94.1. The zero-order chi connectivity index (χ0) is 99.6. The topological polar surface area (TPSA) is 972 Å². The maximum Gasteiger partial charge on any atom is 0.364 e. The van der Waals surface area contributed by atoms with Gasteiger partial charge < -0.3 is 261 Å². The molecular formula is C73H121N5O55. The van der Waals surface area contributed by atoms with Crippen LogP contribution in [0.25, 0.3) is 0 Å². The fraction of sp³-hybridized carbons (Fsp3) is 0.890. The van der Waals surface area contributed by atoms with Crippen molar-refractivity contribution in [2.45, 2.75) is 340 Å². The van der Waals surface area contributed by atoms with Gasteiger partial charge in [0.25, 0.3) is 17.4 Å². The number of carboxylic acids is 3. The van der Waals surface area contributed by atoms with Crippen LogP contribution >= 0.6 is 0 Å². The number of aliphatic hydroxyl groups excluding tert-OH is 28. The van der Waals surface area contributed by atoms with E-state index >= 15 is 0 Å². The second-order valence-electron chi connectivity index (χ2n) is 33.0. The largest absolute Gasteiger partial charge is 0.477 e. The van der Waals surface area contributed by atoms with Crippen molar-refractivity contribution in [1.29, 1.82) is 0 Å². The van der Waals surface area contributed by atoms with E-state index in [0.717, 1.165) is 34.6 Å². The van der Waals surface area contributed by atoms with Crippen molar-refractivity contribution < 1.29 is 272 Å². The summed E-state index contributed by atoms with van der Waals surface area (Å²) in [7, 11) is 0. The highest BCUT2D eigenvalue weighted by atomic mass is 16.8. The molecule has 133 heavy (non-hydrogen) atoms. The average Bonchev–Trinajstić information content (AvgIpc) is 0.754. The van der Waals surface area contributed by atoms with Crippen LogP contribution in [0.4, 0.5) is 0 Å². The lowest BCUT2D eigenvalue weighted by molar-refractivity contribution is -0.390. The number of aliphatic hydroxyl groups is 28. The van der Waals surface area contributed by atoms with Crippen LogP contribution in [0.1, 0.15) is 53.9 Å². The lowest BCUT2D eigenvalue weighted by Gasteiger charge is -2.52. The summed E-state index contributed by atoms with van der Waals surface area (Å²) in [5.41, 5.74) is 0. The summed E-state index contributed by atoms with van der Waals surface area (Å²) in [5.74, 6) is -21.7. The summed E-state index contributed by atoms with van der Waals surface area (Å²) in [6.45, 7) is -9.02. The molecule has 8 fully saturated rings. The highest BCUT2D eigenvalue weighted by molar-refractivity contribution is 5.78. The molecule has 8 rings (SSSR count). The Kier molecular flexibility index (Phi) is 40.7. The van der Waals surface area contributed by atoms with Crippen molar-refractivity contribution in [3.05, 3.63) is 0 Å². The Balaban J connectivity index is 1.18. The number of amides is 5. The van der Waals surface area contributed by atoms with E-state index < -0.39 is 419 Å². The van der Waals surface area contributed by atoms with Crippen LogP contribution in [0.2, 0.25) is 0 Å². The third kappa shape index (κ3) is 25.8. The molecule has 0 unspecified atom stereocenters.